The van der Waals surface area contributed by atoms with Crippen molar-refractivity contribution >= 4 is 23.2 Å². The summed E-state index contributed by atoms with van der Waals surface area (Å²) in [4.78, 5) is 33.3. The van der Waals surface area contributed by atoms with Gasteiger partial charge in [-0.3, -0.25) is 14.5 Å². The van der Waals surface area contributed by atoms with Crippen LogP contribution in [0, 0.1) is 23.2 Å². The van der Waals surface area contributed by atoms with Crippen LogP contribution in [0.4, 0.5) is 11.4 Å². The summed E-state index contributed by atoms with van der Waals surface area (Å²) >= 11 is 0. The summed E-state index contributed by atoms with van der Waals surface area (Å²) in [6.45, 7) is 8.33. The third-order valence-electron chi connectivity index (χ3n) is 9.53. The van der Waals surface area contributed by atoms with Gasteiger partial charge in [-0.25, -0.2) is 0 Å². The fourth-order valence-corrected chi connectivity index (χ4v) is 8.01. The van der Waals surface area contributed by atoms with Crippen molar-refractivity contribution in [3.63, 3.8) is 0 Å². The molecule has 1 N–H and O–H groups in total. The molecule has 2 heterocycles. The van der Waals surface area contributed by atoms with Gasteiger partial charge >= 0.3 is 0 Å². The minimum absolute atomic E-state index is 0.0185. The fraction of sp³-hybridized carbons (Fsp3) is 0.714. The topological polar surface area (TPSA) is 65.1 Å². The first-order valence-corrected chi connectivity index (χ1v) is 13.8. The molecule has 35 heavy (non-hydrogen) atoms. The molecular weight excluding hydrogens is 440 g/mol. The van der Waals surface area contributed by atoms with Gasteiger partial charge in [-0.15, -0.1) is 0 Å². The number of ether oxygens (including phenoxy) is 1. The van der Waals surface area contributed by atoms with Crippen molar-refractivity contribution in [2.75, 3.05) is 62.7 Å². The fourth-order valence-electron chi connectivity index (χ4n) is 8.01. The van der Waals surface area contributed by atoms with Crippen LogP contribution in [0.15, 0.2) is 24.3 Å². The molecule has 0 radical (unpaired) electrons. The van der Waals surface area contributed by atoms with Crippen LogP contribution < -0.4 is 10.2 Å². The molecule has 190 valence electrons. The van der Waals surface area contributed by atoms with E-state index in [1.807, 2.05) is 19.1 Å². The second-order valence-electron chi connectivity index (χ2n) is 11.8. The Bertz CT molecular complexity index is 899. The number of amides is 2. The Kier molecular flexibility index (Phi) is 6.25. The molecule has 6 aliphatic rings. The summed E-state index contributed by atoms with van der Waals surface area (Å²) in [7, 11) is 0. The van der Waals surface area contributed by atoms with Gasteiger partial charge in [-0.05, 0) is 87.5 Å². The lowest BCUT2D eigenvalue weighted by molar-refractivity contribution is -0.159. The molecule has 1 aromatic rings. The molecule has 2 aliphatic heterocycles. The number of nitrogens with zero attached hydrogens (tertiary/aromatic N) is 3. The van der Waals surface area contributed by atoms with Crippen molar-refractivity contribution in [3.8, 4) is 0 Å². The van der Waals surface area contributed by atoms with Crippen LogP contribution in [0.5, 0.6) is 0 Å². The maximum Gasteiger partial charge on any atom is 0.241 e. The summed E-state index contributed by atoms with van der Waals surface area (Å²) in [6.07, 6.45) is 7.47. The number of hydrogen-bond donors (Lipinski definition) is 1. The first-order valence-electron chi connectivity index (χ1n) is 13.8. The molecule has 1 unspecified atom stereocenters. The minimum atomic E-state index is -0.217. The van der Waals surface area contributed by atoms with E-state index in [0.29, 0.717) is 5.91 Å². The number of carbonyl (C=O) groups excluding carboxylic acids is 2. The highest BCUT2D eigenvalue weighted by Gasteiger charge is 2.55. The number of anilines is 2. The van der Waals surface area contributed by atoms with Gasteiger partial charge in [0.25, 0.3) is 0 Å². The van der Waals surface area contributed by atoms with Crippen molar-refractivity contribution in [3.05, 3.63) is 24.3 Å². The smallest absolute Gasteiger partial charge is 0.241 e. The molecule has 7 rings (SSSR count). The second kappa shape index (κ2) is 9.40. The highest BCUT2D eigenvalue weighted by atomic mass is 16.5. The number of piperazine rings is 1. The van der Waals surface area contributed by atoms with E-state index in [4.69, 9.17) is 4.74 Å². The summed E-state index contributed by atoms with van der Waals surface area (Å²) in [6, 6.07) is 7.89. The molecule has 0 spiro atoms. The summed E-state index contributed by atoms with van der Waals surface area (Å²) in [5.74, 6) is 2.81. The molecule has 7 heteroatoms. The van der Waals surface area contributed by atoms with E-state index in [2.05, 4.69) is 32.1 Å². The molecule has 7 nitrogen and oxygen atoms in total. The van der Waals surface area contributed by atoms with Crippen LogP contribution >= 0.6 is 0 Å². The molecule has 4 saturated carbocycles. The van der Waals surface area contributed by atoms with Gasteiger partial charge in [-0.2, -0.15) is 0 Å². The average molecular weight is 481 g/mol. The van der Waals surface area contributed by atoms with Crippen molar-refractivity contribution in [2.24, 2.45) is 23.2 Å². The number of benzene rings is 1. The lowest BCUT2D eigenvalue weighted by Gasteiger charge is -2.57. The molecular formula is C28H40N4O3. The Morgan fingerprint density at radius 3 is 2.03 bits per heavy atom. The van der Waals surface area contributed by atoms with E-state index >= 15 is 0 Å². The number of morpholine rings is 1. The summed E-state index contributed by atoms with van der Waals surface area (Å²) in [5, 5.41) is 3.09. The number of nitrogens with one attached hydrogen (secondary N) is 1. The van der Waals surface area contributed by atoms with E-state index in [0.717, 1.165) is 95.2 Å². The van der Waals surface area contributed by atoms with E-state index in [1.165, 1.54) is 24.9 Å². The van der Waals surface area contributed by atoms with Gasteiger partial charge in [0.05, 0.1) is 24.7 Å². The predicted octanol–water partition coefficient (Wildman–Crippen LogP) is 3.21. The lowest BCUT2D eigenvalue weighted by Crippen LogP contribution is -2.59. The third-order valence-corrected chi connectivity index (χ3v) is 9.53. The highest BCUT2D eigenvalue weighted by molar-refractivity contribution is 5.94. The van der Waals surface area contributed by atoms with Crippen LogP contribution in [-0.2, 0) is 14.3 Å². The maximum atomic E-state index is 13.7. The van der Waals surface area contributed by atoms with Gasteiger partial charge in [-0.1, -0.05) is 0 Å². The molecule has 6 fully saturated rings. The van der Waals surface area contributed by atoms with Crippen LogP contribution in [0.25, 0.3) is 0 Å². The highest BCUT2D eigenvalue weighted by Crippen LogP contribution is 2.60. The van der Waals surface area contributed by atoms with Gasteiger partial charge in [0, 0.05) is 50.6 Å². The van der Waals surface area contributed by atoms with E-state index < -0.39 is 0 Å². The van der Waals surface area contributed by atoms with Crippen molar-refractivity contribution in [1.82, 2.24) is 9.80 Å². The van der Waals surface area contributed by atoms with Crippen molar-refractivity contribution in [2.45, 2.75) is 51.5 Å². The molecule has 1 aromatic carbocycles. The van der Waals surface area contributed by atoms with E-state index in [-0.39, 0.29) is 17.4 Å². The van der Waals surface area contributed by atoms with E-state index in [1.54, 1.807) is 0 Å². The molecule has 0 aromatic heterocycles. The van der Waals surface area contributed by atoms with Crippen LogP contribution in [0.2, 0.25) is 0 Å². The zero-order valence-corrected chi connectivity index (χ0v) is 21.1. The monoisotopic (exact) mass is 480 g/mol. The van der Waals surface area contributed by atoms with Crippen molar-refractivity contribution < 1.29 is 14.3 Å². The third kappa shape index (κ3) is 4.57. The molecule has 4 aliphatic carbocycles. The zero-order valence-electron chi connectivity index (χ0n) is 21.1. The SMILES string of the molecule is CC(C(=O)Nc1ccc(N2CCOCC2)cc1)N1CCN(C(=O)C23CC4CC(CC(C4)C2)C3)CC1. The Labute approximate surface area is 209 Å². The molecule has 4 bridgehead atoms. The molecule has 2 saturated heterocycles. The largest absolute Gasteiger partial charge is 0.378 e. The van der Waals surface area contributed by atoms with E-state index in [9.17, 15) is 9.59 Å². The zero-order chi connectivity index (χ0) is 24.0. The van der Waals surface area contributed by atoms with Crippen LogP contribution in [0.1, 0.15) is 45.4 Å². The first-order chi connectivity index (χ1) is 17.0. The van der Waals surface area contributed by atoms with Gasteiger partial charge in [0.2, 0.25) is 11.8 Å². The standard InChI is InChI=1S/C28H40N4O3/c1-20(26(33)29-24-2-4-25(5-3-24)31-10-12-35-13-11-31)30-6-8-32(9-7-30)27(34)28-17-21-14-22(18-28)16-23(15-21)19-28/h2-5,20-23H,6-19H2,1H3,(H,29,33). The Morgan fingerprint density at radius 1 is 0.886 bits per heavy atom. The number of rotatable bonds is 5. The Balaban J connectivity index is 1.01. The quantitative estimate of drug-likeness (QED) is 0.701. The first kappa shape index (κ1) is 23.3. The van der Waals surface area contributed by atoms with Crippen LogP contribution in [0.3, 0.4) is 0 Å². The van der Waals surface area contributed by atoms with Gasteiger partial charge in [0.1, 0.15) is 0 Å². The van der Waals surface area contributed by atoms with Crippen LogP contribution in [-0.4, -0.2) is 80.1 Å². The molecule has 1 atom stereocenters. The normalized spacial score (nSPS) is 33.6. The Hall–Kier alpha value is -2.12. The second-order valence-corrected chi connectivity index (χ2v) is 11.8. The predicted molar refractivity (Wildman–Crippen MR) is 136 cm³/mol. The Morgan fingerprint density at radius 2 is 1.46 bits per heavy atom. The summed E-state index contributed by atoms with van der Waals surface area (Å²) < 4.78 is 5.43. The van der Waals surface area contributed by atoms with Gasteiger partial charge in [0.15, 0.2) is 0 Å². The number of carbonyl (C=O) groups is 2. The average Bonchev–Trinajstić information content (AvgIpc) is 2.88. The summed E-state index contributed by atoms with van der Waals surface area (Å²) in [5.41, 5.74) is 1.93. The van der Waals surface area contributed by atoms with Crippen molar-refractivity contribution in [1.29, 1.82) is 0 Å². The van der Waals surface area contributed by atoms with Gasteiger partial charge < -0.3 is 19.9 Å². The minimum Gasteiger partial charge on any atom is -0.378 e. The maximum absolute atomic E-state index is 13.7. The lowest BCUT2D eigenvalue weighted by atomic mass is 9.49. The number of hydrogen-bond acceptors (Lipinski definition) is 5. The molecule has 2 amide bonds.